The Morgan fingerprint density at radius 1 is 1.19 bits per heavy atom. The lowest BCUT2D eigenvalue weighted by molar-refractivity contribution is -0.145. The van der Waals surface area contributed by atoms with Crippen LogP contribution in [0.5, 0.6) is 5.75 Å². The van der Waals surface area contributed by atoms with Gasteiger partial charge in [-0.05, 0) is 89.7 Å². The van der Waals surface area contributed by atoms with Crippen molar-refractivity contribution in [3.8, 4) is 5.75 Å². The zero-order chi connectivity index (χ0) is 15.8. The van der Waals surface area contributed by atoms with Crippen molar-refractivity contribution in [2.24, 2.45) is 0 Å². The summed E-state index contributed by atoms with van der Waals surface area (Å²) in [6.07, 6.45) is 0.616. The molecule has 1 aromatic carbocycles. The van der Waals surface area contributed by atoms with Gasteiger partial charge in [0, 0.05) is 0 Å². The topological polar surface area (TPSA) is 47.6 Å². The number of benzene rings is 1. The van der Waals surface area contributed by atoms with E-state index in [9.17, 15) is 4.79 Å². The van der Waals surface area contributed by atoms with E-state index < -0.39 is 0 Å². The normalized spacial score (nSPS) is 12.0. The number of hydrogen-bond donors (Lipinski definition) is 1. The second-order valence-corrected chi connectivity index (χ2v) is 6.71. The van der Waals surface area contributed by atoms with E-state index in [1.165, 1.54) is 0 Å². The number of halogens is 2. The minimum atomic E-state index is -0.306. The Bertz CT molecular complexity index is 457. The summed E-state index contributed by atoms with van der Waals surface area (Å²) in [5, 5.41) is 3.18. The van der Waals surface area contributed by atoms with Crippen LogP contribution in [0.2, 0.25) is 0 Å². The SMILES string of the molecule is CCN[C@@H](Cc1cc(I)c(OCC)c(I)c1)C(=O)OCC. The summed E-state index contributed by atoms with van der Waals surface area (Å²) in [5.74, 6) is 0.719. The van der Waals surface area contributed by atoms with E-state index in [0.717, 1.165) is 25.0 Å². The van der Waals surface area contributed by atoms with Gasteiger partial charge in [-0.3, -0.25) is 4.79 Å². The van der Waals surface area contributed by atoms with Gasteiger partial charge in [0.15, 0.2) is 0 Å². The number of esters is 1. The second kappa shape index (κ2) is 9.83. The molecule has 0 saturated carbocycles. The summed E-state index contributed by atoms with van der Waals surface area (Å²) < 4.78 is 12.9. The van der Waals surface area contributed by atoms with E-state index in [-0.39, 0.29) is 12.0 Å². The average Bonchev–Trinajstić information content (AvgIpc) is 2.42. The molecule has 1 atom stereocenters. The lowest BCUT2D eigenvalue weighted by Crippen LogP contribution is -2.39. The highest BCUT2D eigenvalue weighted by molar-refractivity contribution is 14.1. The van der Waals surface area contributed by atoms with E-state index >= 15 is 0 Å². The lowest BCUT2D eigenvalue weighted by atomic mass is 10.1. The molecule has 21 heavy (non-hydrogen) atoms. The molecule has 6 heteroatoms. The maximum atomic E-state index is 12.0. The molecule has 1 N–H and O–H groups in total. The Morgan fingerprint density at radius 2 is 1.81 bits per heavy atom. The van der Waals surface area contributed by atoms with Gasteiger partial charge in [0.25, 0.3) is 0 Å². The molecule has 0 aliphatic rings. The standard InChI is InChI=1S/C15H21I2NO3/c1-4-18-13(15(19)21-6-3)9-10-7-11(16)14(20-5-2)12(17)8-10/h7-8,13,18H,4-6,9H2,1-3H3/t13-/m0/s1. The van der Waals surface area contributed by atoms with E-state index in [1.54, 1.807) is 0 Å². The van der Waals surface area contributed by atoms with Crippen LogP contribution in [0.25, 0.3) is 0 Å². The largest absolute Gasteiger partial charge is 0.492 e. The highest BCUT2D eigenvalue weighted by Crippen LogP contribution is 2.29. The van der Waals surface area contributed by atoms with Crippen molar-refractivity contribution in [3.05, 3.63) is 24.8 Å². The second-order valence-electron chi connectivity index (χ2n) is 4.39. The first-order chi connectivity index (χ1) is 10.0. The minimum Gasteiger partial charge on any atom is -0.492 e. The van der Waals surface area contributed by atoms with Gasteiger partial charge in [0.2, 0.25) is 0 Å². The third-order valence-electron chi connectivity index (χ3n) is 2.81. The number of rotatable bonds is 8. The zero-order valence-electron chi connectivity index (χ0n) is 12.5. The van der Waals surface area contributed by atoms with Gasteiger partial charge in [0.1, 0.15) is 11.8 Å². The van der Waals surface area contributed by atoms with Gasteiger partial charge in [-0.15, -0.1) is 0 Å². The summed E-state index contributed by atoms with van der Waals surface area (Å²) in [6, 6.07) is 3.83. The number of hydrogen-bond acceptors (Lipinski definition) is 4. The van der Waals surface area contributed by atoms with E-state index in [1.807, 2.05) is 20.8 Å². The maximum Gasteiger partial charge on any atom is 0.323 e. The highest BCUT2D eigenvalue weighted by Gasteiger charge is 2.20. The molecule has 118 valence electrons. The monoisotopic (exact) mass is 517 g/mol. The van der Waals surface area contributed by atoms with Gasteiger partial charge < -0.3 is 14.8 Å². The van der Waals surface area contributed by atoms with E-state index in [0.29, 0.717) is 19.6 Å². The molecule has 0 aromatic heterocycles. The van der Waals surface area contributed by atoms with Crippen LogP contribution >= 0.6 is 45.2 Å². The van der Waals surface area contributed by atoms with Crippen molar-refractivity contribution < 1.29 is 14.3 Å². The van der Waals surface area contributed by atoms with Crippen LogP contribution < -0.4 is 10.1 Å². The lowest BCUT2D eigenvalue weighted by Gasteiger charge is -2.17. The van der Waals surface area contributed by atoms with Crippen LogP contribution in [0.1, 0.15) is 26.3 Å². The molecule has 0 fully saturated rings. The summed E-state index contributed by atoms with van der Waals surface area (Å²) in [6.45, 7) is 7.56. The fourth-order valence-corrected chi connectivity index (χ4v) is 4.18. The van der Waals surface area contributed by atoms with Crippen LogP contribution in [0, 0.1) is 7.14 Å². The Balaban J connectivity index is 2.91. The van der Waals surface area contributed by atoms with Gasteiger partial charge in [-0.1, -0.05) is 6.92 Å². The zero-order valence-corrected chi connectivity index (χ0v) is 16.9. The molecular weight excluding hydrogens is 496 g/mol. The van der Waals surface area contributed by atoms with E-state index in [2.05, 4.69) is 62.6 Å². The summed E-state index contributed by atoms with van der Waals surface area (Å²) >= 11 is 4.54. The first-order valence-electron chi connectivity index (χ1n) is 7.04. The predicted octanol–water partition coefficient (Wildman–Crippen LogP) is 3.38. The predicted molar refractivity (Wildman–Crippen MR) is 101 cm³/mol. The van der Waals surface area contributed by atoms with Crippen molar-refractivity contribution in [2.75, 3.05) is 19.8 Å². The molecule has 0 radical (unpaired) electrons. The Morgan fingerprint density at radius 3 is 2.29 bits per heavy atom. The first kappa shape index (κ1) is 19.0. The molecule has 0 saturated heterocycles. The minimum absolute atomic E-state index is 0.196. The number of carbonyl (C=O) groups is 1. The summed E-state index contributed by atoms with van der Waals surface area (Å²) in [5.41, 5.74) is 1.10. The molecule has 4 nitrogen and oxygen atoms in total. The van der Waals surface area contributed by atoms with Gasteiger partial charge >= 0.3 is 5.97 Å². The molecule has 0 unspecified atom stereocenters. The first-order valence-corrected chi connectivity index (χ1v) is 9.19. The van der Waals surface area contributed by atoms with Gasteiger partial charge in [-0.25, -0.2) is 0 Å². The van der Waals surface area contributed by atoms with Crippen LogP contribution in [-0.4, -0.2) is 31.8 Å². The molecule has 0 heterocycles. The summed E-state index contributed by atoms with van der Waals surface area (Å²) in [4.78, 5) is 12.0. The number of ether oxygens (including phenoxy) is 2. The summed E-state index contributed by atoms with van der Waals surface area (Å²) in [7, 11) is 0. The average molecular weight is 517 g/mol. The van der Waals surface area contributed by atoms with Gasteiger partial charge in [0.05, 0.1) is 20.4 Å². The van der Waals surface area contributed by atoms with Crippen molar-refractivity contribution in [1.82, 2.24) is 5.32 Å². The smallest absolute Gasteiger partial charge is 0.323 e. The third kappa shape index (κ3) is 5.90. The van der Waals surface area contributed by atoms with Crippen LogP contribution in [-0.2, 0) is 16.0 Å². The Labute approximate surface area is 153 Å². The highest BCUT2D eigenvalue weighted by atomic mass is 127. The van der Waals surface area contributed by atoms with Gasteiger partial charge in [-0.2, -0.15) is 0 Å². The molecule has 0 spiro atoms. The molecule has 1 aromatic rings. The molecule has 0 bridgehead atoms. The van der Waals surface area contributed by atoms with Crippen molar-refractivity contribution in [3.63, 3.8) is 0 Å². The third-order valence-corrected chi connectivity index (χ3v) is 4.41. The molecule has 1 rings (SSSR count). The Kier molecular flexibility index (Phi) is 8.88. The van der Waals surface area contributed by atoms with Crippen molar-refractivity contribution >= 4 is 51.2 Å². The molecular formula is C15H21I2NO3. The van der Waals surface area contributed by atoms with Crippen LogP contribution in [0.4, 0.5) is 0 Å². The number of nitrogens with one attached hydrogen (secondary N) is 1. The van der Waals surface area contributed by atoms with Crippen molar-refractivity contribution in [1.29, 1.82) is 0 Å². The van der Waals surface area contributed by atoms with Crippen LogP contribution in [0.3, 0.4) is 0 Å². The van der Waals surface area contributed by atoms with Crippen LogP contribution in [0.15, 0.2) is 12.1 Å². The molecule has 0 aliphatic heterocycles. The fourth-order valence-electron chi connectivity index (χ4n) is 1.98. The Hall–Kier alpha value is -0.0900. The molecule has 0 aliphatic carbocycles. The molecule has 0 amide bonds. The number of likely N-dealkylation sites (N-methyl/N-ethyl adjacent to an activating group) is 1. The quantitative estimate of drug-likeness (QED) is 0.425. The van der Waals surface area contributed by atoms with E-state index in [4.69, 9.17) is 9.47 Å². The van der Waals surface area contributed by atoms with Crippen molar-refractivity contribution in [2.45, 2.75) is 33.2 Å². The fraction of sp³-hybridized carbons (Fsp3) is 0.533. The number of carbonyl (C=O) groups excluding carboxylic acids is 1. The maximum absolute atomic E-state index is 12.0.